The SMILES string of the molecule is CCOc1cc(Br)c(CNCCc2ccccc2OC)cc1OCC. The number of nitrogens with one attached hydrogen (secondary N) is 1. The molecular weight excluding hydrogens is 382 g/mol. The minimum absolute atomic E-state index is 0.613. The topological polar surface area (TPSA) is 39.7 Å². The highest BCUT2D eigenvalue weighted by Crippen LogP contribution is 2.33. The Labute approximate surface area is 158 Å². The lowest BCUT2D eigenvalue weighted by Crippen LogP contribution is -2.17. The predicted molar refractivity (Wildman–Crippen MR) is 105 cm³/mol. The molecule has 0 atom stereocenters. The summed E-state index contributed by atoms with van der Waals surface area (Å²) in [5, 5.41) is 3.48. The van der Waals surface area contributed by atoms with Gasteiger partial charge in [0.2, 0.25) is 0 Å². The van der Waals surface area contributed by atoms with E-state index >= 15 is 0 Å². The Morgan fingerprint density at radius 2 is 1.60 bits per heavy atom. The second kappa shape index (κ2) is 10.3. The molecule has 0 aliphatic carbocycles. The lowest BCUT2D eigenvalue weighted by molar-refractivity contribution is 0.287. The fraction of sp³-hybridized carbons (Fsp3) is 0.400. The largest absolute Gasteiger partial charge is 0.496 e. The van der Waals surface area contributed by atoms with Crippen LogP contribution in [0.4, 0.5) is 0 Å². The number of rotatable bonds is 10. The van der Waals surface area contributed by atoms with Crippen LogP contribution in [0.1, 0.15) is 25.0 Å². The summed E-state index contributed by atoms with van der Waals surface area (Å²) in [6.07, 6.45) is 0.914. The minimum atomic E-state index is 0.613. The number of ether oxygens (including phenoxy) is 3. The molecule has 4 nitrogen and oxygen atoms in total. The van der Waals surface area contributed by atoms with E-state index in [9.17, 15) is 0 Å². The fourth-order valence-electron chi connectivity index (χ4n) is 2.60. The minimum Gasteiger partial charge on any atom is -0.496 e. The summed E-state index contributed by atoms with van der Waals surface area (Å²) in [5.74, 6) is 2.49. The summed E-state index contributed by atoms with van der Waals surface area (Å²) in [4.78, 5) is 0. The van der Waals surface area contributed by atoms with Crippen LogP contribution in [-0.2, 0) is 13.0 Å². The van der Waals surface area contributed by atoms with E-state index in [1.165, 1.54) is 5.56 Å². The van der Waals surface area contributed by atoms with Crippen LogP contribution in [0.25, 0.3) is 0 Å². The quantitative estimate of drug-likeness (QED) is 0.584. The van der Waals surface area contributed by atoms with E-state index in [2.05, 4.69) is 27.3 Å². The van der Waals surface area contributed by atoms with Crippen LogP contribution < -0.4 is 19.5 Å². The molecule has 0 saturated heterocycles. The Balaban J connectivity index is 1.97. The summed E-state index contributed by atoms with van der Waals surface area (Å²) < 4.78 is 17.8. The first-order valence-electron chi connectivity index (χ1n) is 8.60. The van der Waals surface area contributed by atoms with Crippen LogP contribution in [0.15, 0.2) is 40.9 Å². The standard InChI is InChI=1S/C20H26BrNO3/c1-4-24-19-12-16(17(21)13-20(19)25-5-2)14-22-11-10-15-8-6-7-9-18(15)23-3/h6-9,12-13,22H,4-5,10-11,14H2,1-3H3. The third kappa shape index (κ3) is 5.65. The maximum absolute atomic E-state index is 5.70. The van der Waals surface area contributed by atoms with Gasteiger partial charge < -0.3 is 19.5 Å². The van der Waals surface area contributed by atoms with Crippen LogP contribution in [0.2, 0.25) is 0 Å². The van der Waals surface area contributed by atoms with Crippen molar-refractivity contribution in [1.82, 2.24) is 5.32 Å². The first-order valence-corrected chi connectivity index (χ1v) is 9.39. The normalized spacial score (nSPS) is 10.6. The fourth-order valence-corrected chi connectivity index (χ4v) is 3.07. The molecule has 1 N–H and O–H groups in total. The highest BCUT2D eigenvalue weighted by molar-refractivity contribution is 9.10. The van der Waals surface area contributed by atoms with Crippen LogP contribution in [0.3, 0.4) is 0 Å². The Kier molecular flexibility index (Phi) is 8.09. The van der Waals surface area contributed by atoms with Crippen molar-refractivity contribution in [3.8, 4) is 17.2 Å². The summed E-state index contributed by atoms with van der Waals surface area (Å²) in [6, 6.07) is 12.1. The number of halogens is 1. The smallest absolute Gasteiger partial charge is 0.162 e. The van der Waals surface area contributed by atoms with Crippen molar-refractivity contribution >= 4 is 15.9 Å². The van der Waals surface area contributed by atoms with Gasteiger partial charge in [0.15, 0.2) is 11.5 Å². The maximum atomic E-state index is 5.70. The van der Waals surface area contributed by atoms with Crippen molar-refractivity contribution in [3.05, 3.63) is 52.0 Å². The molecule has 2 aromatic carbocycles. The average Bonchev–Trinajstić information content (AvgIpc) is 2.62. The van der Waals surface area contributed by atoms with Gasteiger partial charge in [-0.2, -0.15) is 0 Å². The van der Waals surface area contributed by atoms with Crippen molar-refractivity contribution in [3.63, 3.8) is 0 Å². The molecule has 0 aliphatic heterocycles. The number of benzene rings is 2. The van der Waals surface area contributed by atoms with E-state index in [0.717, 1.165) is 46.8 Å². The zero-order valence-electron chi connectivity index (χ0n) is 15.1. The van der Waals surface area contributed by atoms with Crippen LogP contribution >= 0.6 is 15.9 Å². The first kappa shape index (κ1) is 19.6. The molecule has 2 aromatic rings. The number of hydrogen-bond acceptors (Lipinski definition) is 4. The van der Waals surface area contributed by atoms with E-state index in [0.29, 0.717) is 13.2 Å². The Hall–Kier alpha value is -1.72. The van der Waals surface area contributed by atoms with Crippen LogP contribution in [0, 0.1) is 0 Å². The lowest BCUT2D eigenvalue weighted by atomic mass is 10.1. The Morgan fingerprint density at radius 1 is 0.920 bits per heavy atom. The van der Waals surface area contributed by atoms with E-state index in [1.807, 2.05) is 44.2 Å². The molecule has 0 radical (unpaired) electrons. The van der Waals surface area contributed by atoms with Crippen molar-refractivity contribution < 1.29 is 14.2 Å². The van der Waals surface area contributed by atoms with Crippen LogP contribution in [0.5, 0.6) is 17.2 Å². The van der Waals surface area contributed by atoms with Gasteiger partial charge in [-0.15, -0.1) is 0 Å². The molecule has 0 unspecified atom stereocenters. The van der Waals surface area contributed by atoms with Gasteiger partial charge in [-0.3, -0.25) is 0 Å². The van der Waals surface area contributed by atoms with E-state index in [4.69, 9.17) is 14.2 Å². The van der Waals surface area contributed by atoms with Crippen molar-refractivity contribution in [2.24, 2.45) is 0 Å². The lowest BCUT2D eigenvalue weighted by Gasteiger charge is -2.15. The zero-order valence-corrected chi connectivity index (χ0v) is 16.7. The molecule has 136 valence electrons. The molecule has 25 heavy (non-hydrogen) atoms. The summed E-state index contributed by atoms with van der Waals surface area (Å²) in [5.41, 5.74) is 2.35. The van der Waals surface area contributed by atoms with Gasteiger partial charge in [-0.05, 0) is 56.1 Å². The molecule has 0 amide bonds. The molecule has 0 fully saturated rings. The predicted octanol–water partition coefficient (Wildman–Crippen LogP) is 4.59. The number of para-hydroxylation sites is 1. The van der Waals surface area contributed by atoms with Crippen molar-refractivity contribution in [2.75, 3.05) is 26.9 Å². The zero-order chi connectivity index (χ0) is 18.1. The second-order valence-corrected chi connectivity index (χ2v) is 6.35. The van der Waals surface area contributed by atoms with Crippen molar-refractivity contribution in [2.45, 2.75) is 26.8 Å². The third-order valence-electron chi connectivity index (χ3n) is 3.79. The van der Waals surface area contributed by atoms with Gasteiger partial charge in [0.25, 0.3) is 0 Å². The van der Waals surface area contributed by atoms with E-state index < -0.39 is 0 Å². The molecular formula is C20H26BrNO3. The van der Waals surface area contributed by atoms with Gasteiger partial charge in [0, 0.05) is 11.0 Å². The van der Waals surface area contributed by atoms with Gasteiger partial charge in [0.05, 0.1) is 20.3 Å². The summed E-state index contributed by atoms with van der Waals surface area (Å²) >= 11 is 3.63. The highest BCUT2D eigenvalue weighted by atomic mass is 79.9. The summed E-state index contributed by atoms with van der Waals surface area (Å²) in [7, 11) is 1.71. The van der Waals surface area contributed by atoms with E-state index in [-0.39, 0.29) is 0 Å². The van der Waals surface area contributed by atoms with Gasteiger partial charge >= 0.3 is 0 Å². The Bertz CT molecular complexity index is 676. The highest BCUT2D eigenvalue weighted by Gasteiger charge is 2.10. The number of methoxy groups -OCH3 is 1. The first-order chi connectivity index (χ1) is 12.2. The van der Waals surface area contributed by atoms with Gasteiger partial charge in [0.1, 0.15) is 5.75 Å². The third-order valence-corrected chi connectivity index (χ3v) is 4.53. The molecule has 0 spiro atoms. The average molecular weight is 408 g/mol. The molecule has 5 heteroatoms. The van der Waals surface area contributed by atoms with Gasteiger partial charge in [-0.1, -0.05) is 34.1 Å². The summed E-state index contributed by atoms with van der Waals surface area (Å²) in [6.45, 7) is 6.79. The van der Waals surface area contributed by atoms with E-state index in [1.54, 1.807) is 7.11 Å². The molecule has 0 heterocycles. The molecule has 0 bridgehead atoms. The van der Waals surface area contributed by atoms with Crippen molar-refractivity contribution in [1.29, 1.82) is 0 Å². The maximum Gasteiger partial charge on any atom is 0.162 e. The molecule has 0 aromatic heterocycles. The number of hydrogen-bond donors (Lipinski definition) is 1. The Morgan fingerprint density at radius 3 is 2.28 bits per heavy atom. The molecule has 0 aliphatic rings. The molecule has 0 saturated carbocycles. The van der Waals surface area contributed by atoms with Crippen LogP contribution in [-0.4, -0.2) is 26.9 Å². The molecule has 2 rings (SSSR count). The van der Waals surface area contributed by atoms with Gasteiger partial charge in [-0.25, -0.2) is 0 Å². The second-order valence-electron chi connectivity index (χ2n) is 5.50. The monoisotopic (exact) mass is 407 g/mol.